The lowest BCUT2D eigenvalue weighted by atomic mass is 10.1. The van der Waals surface area contributed by atoms with Gasteiger partial charge in [0.15, 0.2) is 0 Å². The van der Waals surface area contributed by atoms with Crippen molar-refractivity contribution in [3.05, 3.63) is 40.9 Å². The highest BCUT2D eigenvalue weighted by Crippen LogP contribution is 2.33. The zero-order chi connectivity index (χ0) is 18.0. The zero-order valence-corrected chi connectivity index (χ0v) is 14.1. The lowest BCUT2D eigenvalue weighted by Gasteiger charge is -2.18. The number of nitrogens with zero attached hydrogens (tertiary/aromatic N) is 1. The molecule has 0 fully saturated rings. The summed E-state index contributed by atoms with van der Waals surface area (Å²) in [5.41, 5.74) is 5.44. The summed E-state index contributed by atoms with van der Waals surface area (Å²) < 4.78 is 38.3. The van der Waals surface area contributed by atoms with Crippen LogP contribution in [0.15, 0.2) is 29.6 Å². The molecule has 130 valence electrons. The average molecular weight is 357 g/mol. The molecule has 0 aliphatic carbocycles. The summed E-state index contributed by atoms with van der Waals surface area (Å²) in [5, 5.41) is 4.82. The summed E-state index contributed by atoms with van der Waals surface area (Å²) >= 11 is 1.20. The first-order chi connectivity index (χ1) is 11.0. The molecule has 1 aromatic carbocycles. The summed E-state index contributed by atoms with van der Waals surface area (Å²) in [4.78, 5) is 16.1. The van der Waals surface area contributed by atoms with Crippen LogP contribution in [-0.4, -0.2) is 23.0 Å². The van der Waals surface area contributed by atoms with Gasteiger partial charge in [-0.2, -0.15) is 13.2 Å². The van der Waals surface area contributed by atoms with Crippen molar-refractivity contribution < 1.29 is 18.0 Å². The molecule has 2 aromatic rings. The molecular formula is C16H18F3N3OS. The Morgan fingerprint density at radius 1 is 1.33 bits per heavy atom. The molecule has 1 aromatic heterocycles. The van der Waals surface area contributed by atoms with Gasteiger partial charge < -0.3 is 11.1 Å². The number of amides is 1. The van der Waals surface area contributed by atoms with Crippen LogP contribution in [0.2, 0.25) is 0 Å². The number of nitrogens with two attached hydrogens (primary N) is 1. The third kappa shape index (κ3) is 5.31. The second-order valence-corrected chi connectivity index (χ2v) is 7.02. The summed E-state index contributed by atoms with van der Waals surface area (Å²) in [5.74, 6) is -0.227. The highest BCUT2D eigenvalue weighted by molar-refractivity contribution is 7.13. The van der Waals surface area contributed by atoms with E-state index in [4.69, 9.17) is 5.73 Å². The van der Waals surface area contributed by atoms with Gasteiger partial charge in [-0.05, 0) is 26.0 Å². The highest BCUT2D eigenvalue weighted by atomic mass is 32.1. The van der Waals surface area contributed by atoms with Crippen LogP contribution in [0.25, 0.3) is 10.6 Å². The minimum Gasteiger partial charge on any atom is -0.354 e. The van der Waals surface area contributed by atoms with E-state index in [1.54, 1.807) is 25.3 Å². The summed E-state index contributed by atoms with van der Waals surface area (Å²) in [6.45, 7) is 3.92. The number of carbonyl (C=O) groups is 1. The SMILES string of the molecule is CC(C)(N)CNC(=O)Cc1csc(-c2cccc(C(F)(F)F)c2)n1. The van der Waals surface area contributed by atoms with Gasteiger partial charge in [-0.25, -0.2) is 4.98 Å². The molecule has 0 atom stereocenters. The second kappa shape index (κ2) is 6.90. The molecule has 24 heavy (non-hydrogen) atoms. The zero-order valence-electron chi connectivity index (χ0n) is 13.3. The van der Waals surface area contributed by atoms with Crippen molar-refractivity contribution >= 4 is 17.2 Å². The molecule has 8 heteroatoms. The van der Waals surface area contributed by atoms with Gasteiger partial charge in [0.2, 0.25) is 5.91 Å². The summed E-state index contributed by atoms with van der Waals surface area (Å²) in [6, 6.07) is 4.98. The standard InChI is InChI=1S/C16H18F3N3OS/c1-15(2,20)9-21-13(23)7-12-8-24-14(22-12)10-4-3-5-11(6-10)16(17,18)19/h3-6,8H,7,9,20H2,1-2H3,(H,21,23). The van der Waals surface area contributed by atoms with Crippen molar-refractivity contribution in [1.29, 1.82) is 0 Å². The predicted molar refractivity (Wildman–Crippen MR) is 87.5 cm³/mol. The first-order valence-electron chi connectivity index (χ1n) is 7.22. The maximum Gasteiger partial charge on any atom is 0.416 e. The maximum absolute atomic E-state index is 12.8. The Hall–Kier alpha value is -1.93. The molecule has 0 aliphatic rings. The minimum atomic E-state index is -4.40. The number of hydrogen-bond donors (Lipinski definition) is 2. The number of nitrogens with one attached hydrogen (secondary N) is 1. The third-order valence-corrected chi connectivity index (χ3v) is 4.01. The fourth-order valence-electron chi connectivity index (χ4n) is 1.90. The lowest BCUT2D eigenvalue weighted by Crippen LogP contribution is -2.45. The van der Waals surface area contributed by atoms with Crippen molar-refractivity contribution in [2.24, 2.45) is 5.73 Å². The molecule has 1 amide bonds. The molecule has 0 unspecified atom stereocenters. The molecule has 0 spiro atoms. The largest absolute Gasteiger partial charge is 0.416 e. The normalized spacial score (nSPS) is 12.2. The molecule has 0 aliphatic heterocycles. The smallest absolute Gasteiger partial charge is 0.354 e. The number of benzene rings is 1. The van der Waals surface area contributed by atoms with Crippen molar-refractivity contribution in [2.45, 2.75) is 32.0 Å². The number of aromatic nitrogens is 1. The average Bonchev–Trinajstić information content (AvgIpc) is 2.92. The minimum absolute atomic E-state index is 0.0611. The Bertz CT molecular complexity index is 720. The van der Waals surface area contributed by atoms with Gasteiger partial charge in [-0.3, -0.25) is 4.79 Å². The van der Waals surface area contributed by atoms with E-state index in [1.807, 2.05) is 0 Å². The number of carbonyl (C=O) groups excluding carboxylic acids is 1. The lowest BCUT2D eigenvalue weighted by molar-refractivity contribution is -0.137. The summed E-state index contributed by atoms with van der Waals surface area (Å²) in [6.07, 6.45) is -4.34. The number of thiazole rings is 1. The van der Waals surface area contributed by atoms with Gasteiger partial charge >= 0.3 is 6.18 Å². The molecule has 4 nitrogen and oxygen atoms in total. The molecule has 2 rings (SSSR count). The van der Waals surface area contributed by atoms with Crippen LogP contribution in [0.3, 0.4) is 0 Å². The Kier molecular flexibility index (Phi) is 5.29. The monoisotopic (exact) mass is 357 g/mol. The van der Waals surface area contributed by atoms with Crippen LogP contribution in [0.1, 0.15) is 25.1 Å². The van der Waals surface area contributed by atoms with Gasteiger partial charge in [0.1, 0.15) is 5.01 Å². The molecular weight excluding hydrogens is 339 g/mol. The highest BCUT2D eigenvalue weighted by Gasteiger charge is 2.30. The van der Waals surface area contributed by atoms with E-state index in [9.17, 15) is 18.0 Å². The first-order valence-corrected chi connectivity index (χ1v) is 8.10. The van der Waals surface area contributed by atoms with Crippen LogP contribution in [0.5, 0.6) is 0 Å². The van der Waals surface area contributed by atoms with Crippen LogP contribution in [0, 0.1) is 0 Å². The fourth-order valence-corrected chi connectivity index (χ4v) is 2.72. The first kappa shape index (κ1) is 18.4. The van der Waals surface area contributed by atoms with Crippen LogP contribution in [-0.2, 0) is 17.4 Å². The van der Waals surface area contributed by atoms with E-state index in [0.717, 1.165) is 12.1 Å². The molecule has 0 saturated carbocycles. The van der Waals surface area contributed by atoms with E-state index in [2.05, 4.69) is 10.3 Å². The van der Waals surface area contributed by atoms with Crippen LogP contribution in [0.4, 0.5) is 13.2 Å². The van der Waals surface area contributed by atoms with E-state index in [0.29, 0.717) is 22.8 Å². The molecule has 1 heterocycles. The quantitative estimate of drug-likeness (QED) is 0.863. The molecule has 0 bridgehead atoms. The molecule has 0 saturated heterocycles. The van der Waals surface area contributed by atoms with Gasteiger partial charge in [0.05, 0.1) is 17.7 Å². The van der Waals surface area contributed by atoms with E-state index in [-0.39, 0.29) is 12.3 Å². The van der Waals surface area contributed by atoms with Crippen molar-refractivity contribution in [2.75, 3.05) is 6.54 Å². The number of halogens is 3. The Labute approximate surface area is 141 Å². The fraction of sp³-hybridized carbons (Fsp3) is 0.375. The Morgan fingerprint density at radius 3 is 2.67 bits per heavy atom. The van der Waals surface area contributed by atoms with Crippen molar-refractivity contribution in [3.63, 3.8) is 0 Å². The van der Waals surface area contributed by atoms with Gasteiger partial charge in [0, 0.05) is 23.0 Å². The maximum atomic E-state index is 12.8. The van der Waals surface area contributed by atoms with Gasteiger partial charge in [-0.1, -0.05) is 12.1 Å². The topological polar surface area (TPSA) is 68.0 Å². The van der Waals surface area contributed by atoms with Crippen LogP contribution >= 0.6 is 11.3 Å². The van der Waals surface area contributed by atoms with Crippen LogP contribution < -0.4 is 11.1 Å². The Balaban J connectivity index is 2.07. The molecule has 0 radical (unpaired) electrons. The number of hydrogen-bond acceptors (Lipinski definition) is 4. The van der Waals surface area contributed by atoms with Crippen molar-refractivity contribution in [3.8, 4) is 10.6 Å². The second-order valence-electron chi connectivity index (χ2n) is 6.16. The van der Waals surface area contributed by atoms with E-state index in [1.165, 1.54) is 17.4 Å². The number of alkyl halides is 3. The van der Waals surface area contributed by atoms with E-state index >= 15 is 0 Å². The predicted octanol–water partition coefficient (Wildman–Crippen LogP) is 3.22. The van der Waals surface area contributed by atoms with Gasteiger partial charge in [-0.15, -0.1) is 11.3 Å². The van der Waals surface area contributed by atoms with Crippen molar-refractivity contribution in [1.82, 2.24) is 10.3 Å². The number of rotatable bonds is 5. The van der Waals surface area contributed by atoms with E-state index < -0.39 is 17.3 Å². The Morgan fingerprint density at radius 2 is 2.04 bits per heavy atom. The molecule has 3 N–H and O–H groups in total. The summed E-state index contributed by atoms with van der Waals surface area (Å²) in [7, 11) is 0. The third-order valence-electron chi connectivity index (χ3n) is 3.07. The van der Waals surface area contributed by atoms with Gasteiger partial charge in [0.25, 0.3) is 0 Å².